The van der Waals surface area contributed by atoms with Gasteiger partial charge < -0.3 is 15.7 Å². The summed E-state index contributed by atoms with van der Waals surface area (Å²) in [6.45, 7) is 7.56. The van der Waals surface area contributed by atoms with E-state index in [1.807, 2.05) is 54.6 Å². The number of hydrogen-bond acceptors (Lipinski definition) is 6. The van der Waals surface area contributed by atoms with E-state index in [0.717, 1.165) is 27.1 Å². The fourth-order valence-electron chi connectivity index (χ4n) is 3.97. The molecule has 8 nitrogen and oxygen atoms in total. The Morgan fingerprint density at radius 1 is 0.878 bits per heavy atom. The van der Waals surface area contributed by atoms with Gasteiger partial charge in [0.05, 0.1) is 4.88 Å². The summed E-state index contributed by atoms with van der Waals surface area (Å²) in [6, 6.07) is 16.3. The minimum atomic E-state index is -1.16. The highest BCUT2D eigenvalue weighted by Crippen LogP contribution is 2.29. The lowest BCUT2D eigenvalue weighted by Gasteiger charge is -2.20. The summed E-state index contributed by atoms with van der Waals surface area (Å²) in [5.74, 6) is -1.59. The van der Waals surface area contributed by atoms with Crippen molar-refractivity contribution in [3.05, 3.63) is 93.4 Å². The molecule has 2 aromatic heterocycles. The fraction of sp³-hybridized carbons (Fsp3) is 0.258. The standard InChI is InChI=1S/C31H31ClN4O4S/c1-18(30(39)40)35-28(37)24(36-29(38)25-13-14-26(41-25)31(2,3)4)15-19-5-7-21(8-6-19)27-33-16-22(17-34-27)20-9-11-23(32)12-10-20/h5-14,16-18,24H,15H2,1-4H3,(H,35,37)(H,36,38)(H,39,40)/t18-,24+/m1/s1. The normalized spacial score (nSPS) is 12.8. The number of carbonyl (C=O) groups is 3. The van der Waals surface area contributed by atoms with Gasteiger partial charge in [0, 0.05) is 39.8 Å². The van der Waals surface area contributed by atoms with E-state index in [2.05, 4.69) is 41.4 Å². The van der Waals surface area contributed by atoms with Crippen molar-refractivity contribution in [2.45, 2.75) is 51.6 Å². The lowest BCUT2D eigenvalue weighted by molar-refractivity contribution is -0.141. The number of carboxylic acid groups (broad SMARTS) is 1. The van der Waals surface area contributed by atoms with Gasteiger partial charge in [-0.25, -0.2) is 9.97 Å². The third kappa shape index (κ3) is 7.77. The topological polar surface area (TPSA) is 121 Å². The largest absolute Gasteiger partial charge is 0.480 e. The summed E-state index contributed by atoms with van der Waals surface area (Å²) in [4.78, 5) is 47.9. The molecule has 0 spiro atoms. The Bertz CT molecular complexity index is 1530. The van der Waals surface area contributed by atoms with Crippen LogP contribution in [0.2, 0.25) is 5.02 Å². The van der Waals surface area contributed by atoms with Gasteiger partial charge in [-0.3, -0.25) is 14.4 Å². The lowest BCUT2D eigenvalue weighted by atomic mass is 9.95. The monoisotopic (exact) mass is 590 g/mol. The molecule has 3 N–H and O–H groups in total. The maximum atomic E-state index is 13.1. The van der Waals surface area contributed by atoms with E-state index in [0.29, 0.717) is 15.7 Å². The summed E-state index contributed by atoms with van der Waals surface area (Å²) < 4.78 is 0. The predicted octanol–water partition coefficient (Wildman–Crippen LogP) is 5.75. The first-order chi connectivity index (χ1) is 19.4. The van der Waals surface area contributed by atoms with Crippen LogP contribution in [0.4, 0.5) is 0 Å². The smallest absolute Gasteiger partial charge is 0.325 e. The molecule has 0 unspecified atom stereocenters. The Hall–Kier alpha value is -4.08. The highest BCUT2D eigenvalue weighted by atomic mass is 35.5. The minimum absolute atomic E-state index is 0.113. The van der Waals surface area contributed by atoms with Gasteiger partial charge >= 0.3 is 5.97 Å². The van der Waals surface area contributed by atoms with Crippen LogP contribution in [0.25, 0.3) is 22.5 Å². The Morgan fingerprint density at radius 2 is 1.49 bits per heavy atom. The number of benzene rings is 2. The number of amides is 2. The summed E-state index contributed by atoms with van der Waals surface area (Å²) in [5, 5.41) is 15.2. The van der Waals surface area contributed by atoms with E-state index >= 15 is 0 Å². The molecule has 4 aromatic rings. The zero-order valence-electron chi connectivity index (χ0n) is 23.1. The van der Waals surface area contributed by atoms with Gasteiger partial charge in [0.15, 0.2) is 5.82 Å². The highest BCUT2D eigenvalue weighted by molar-refractivity contribution is 7.14. The first kappa shape index (κ1) is 29.9. The van der Waals surface area contributed by atoms with Crippen LogP contribution in [0.5, 0.6) is 0 Å². The van der Waals surface area contributed by atoms with Crippen molar-refractivity contribution in [3.63, 3.8) is 0 Å². The second kappa shape index (κ2) is 12.6. The molecule has 10 heteroatoms. The number of halogens is 1. The Kier molecular flexibility index (Phi) is 9.20. The van der Waals surface area contributed by atoms with Crippen LogP contribution in [0.3, 0.4) is 0 Å². The molecule has 2 atom stereocenters. The third-order valence-electron chi connectivity index (χ3n) is 6.40. The first-order valence-corrected chi connectivity index (χ1v) is 14.2. The van der Waals surface area contributed by atoms with Crippen LogP contribution in [0.15, 0.2) is 73.1 Å². The average molecular weight is 591 g/mol. The quantitative estimate of drug-likeness (QED) is 0.228. The van der Waals surface area contributed by atoms with E-state index in [4.69, 9.17) is 11.6 Å². The molecular formula is C31H31ClN4O4S. The van der Waals surface area contributed by atoms with Gasteiger partial charge in [-0.2, -0.15) is 0 Å². The molecule has 2 aromatic carbocycles. The second-order valence-electron chi connectivity index (χ2n) is 10.7. The maximum absolute atomic E-state index is 13.1. The zero-order chi connectivity index (χ0) is 29.7. The van der Waals surface area contributed by atoms with E-state index < -0.39 is 24.0 Å². The molecule has 0 bridgehead atoms. The minimum Gasteiger partial charge on any atom is -0.480 e. The Labute approximate surface area is 247 Å². The molecule has 0 radical (unpaired) electrons. The number of rotatable bonds is 9. The molecule has 2 heterocycles. The lowest BCUT2D eigenvalue weighted by Crippen LogP contribution is -2.51. The maximum Gasteiger partial charge on any atom is 0.325 e. The van der Waals surface area contributed by atoms with Crippen molar-refractivity contribution in [2.75, 3.05) is 0 Å². The number of thiophene rings is 1. The van der Waals surface area contributed by atoms with Gasteiger partial charge in [0.1, 0.15) is 12.1 Å². The van der Waals surface area contributed by atoms with Crippen LogP contribution in [-0.4, -0.2) is 44.9 Å². The SMILES string of the molecule is C[C@@H](NC(=O)[C@H](Cc1ccc(-c2ncc(-c3ccc(Cl)cc3)cn2)cc1)NC(=O)c1ccc(C(C)(C)C)s1)C(=O)O. The molecule has 41 heavy (non-hydrogen) atoms. The highest BCUT2D eigenvalue weighted by Gasteiger charge is 2.26. The van der Waals surface area contributed by atoms with E-state index in [-0.39, 0.29) is 17.7 Å². The predicted molar refractivity (Wildman–Crippen MR) is 161 cm³/mol. The number of aromatic nitrogens is 2. The molecule has 0 aliphatic rings. The van der Waals surface area contributed by atoms with Crippen molar-refractivity contribution in [1.82, 2.24) is 20.6 Å². The van der Waals surface area contributed by atoms with Gasteiger partial charge in [0.2, 0.25) is 5.91 Å². The summed E-state index contributed by atoms with van der Waals surface area (Å²) in [5.41, 5.74) is 3.27. The van der Waals surface area contributed by atoms with E-state index in [9.17, 15) is 19.5 Å². The number of nitrogens with one attached hydrogen (secondary N) is 2. The van der Waals surface area contributed by atoms with Crippen molar-refractivity contribution < 1.29 is 19.5 Å². The fourth-order valence-corrected chi connectivity index (χ4v) is 5.06. The van der Waals surface area contributed by atoms with Gasteiger partial charge in [-0.05, 0) is 47.7 Å². The third-order valence-corrected chi connectivity index (χ3v) is 8.16. The summed E-state index contributed by atoms with van der Waals surface area (Å²) >= 11 is 7.34. The van der Waals surface area contributed by atoms with Crippen LogP contribution in [0.1, 0.15) is 47.8 Å². The molecule has 0 saturated heterocycles. The van der Waals surface area contributed by atoms with Crippen LogP contribution in [0, 0.1) is 0 Å². The van der Waals surface area contributed by atoms with E-state index in [1.54, 1.807) is 18.5 Å². The number of nitrogens with zero attached hydrogens (tertiary/aromatic N) is 2. The second-order valence-corrected chi connectivity index (χ2v) is 12.2. The molecule has 0 aliphatic carbocycles. The van der Waals surface area contributed by atoms with Crippen LogP contribution < -0.4 is 10.6 Å². The van der Waals surface area contributed by atoms with E-state index in [1.165, 1.54) is 18.3 Å². The average Bonchev–Trinajstić information content (AvgIpc) is 3.45. The van der Waals surface area contributed by atoms with Gasteiger partial charge in [0.25, 0.3) is 5.91 Å². The summed E-state index contributed by atoms with van der Waals surface area (Å²) in [6.07, 6.45) is 3.65. The molecule has 4 rings (SSSR count). The molecule has 2 amide bonds. The van der Waals surface area contributed by atoms with Crippen molar-refractivity contribution >= 4 is 40.7 Å². The Balaban J connectivity index is 1.50. The molecular weight excluding hydrogens is 560 g/mol. The number of carbonyl (C=O) groups excluding carboxylic acids is 2. The van der Waals surface area contributed by atoms with Gasteiger partial charge in [-0.15, -0.1) is 11.3 Å². The van der Waals surface area contributed by atoms with Crippen molar-refractivity contribution in [1.29, 1.82) is 0 Å². The van der Waals surface area contributed by atoms with Gasteiger partial charge in [-0.1, -0.05) is 68.8 Å². The Morgan fingerprint density at radius 3 is 2.05 bits per heavy atom. The number of aliphatic carboxylic acids is 1. The first-order valence-electron chi connectivity index (χ1n) is 13.0. The molecule has 212 valence electrons. The van der Waals surface area contributed by atoms with Crippen LogP contribution >= 0.6 is 22.9 Å². The van der Waals surface area contributed by atoms with Crippen molar-refractivity contribution in [2.24, 2.45) is 0 Å². The van der Waals surface area contributed by atoms with Crippen LogP contribution in [-0.2, 0) is 21.4 Å². The zero-order valence-corrected chi connectivity index (χ0v) is 24.7. The number of hydrogen-bond donors (Lipinski definition) is 3. The molecule has 0 saturated carbocycles. The number of carboxylic acids is 1. The van der Waals surface area contributed by atoms with Crippen molar-refractivity contribution in [3.8, 4) is 22.5 Å². The molecule has 0 fully saturated rings. The molecule has 0 aliphatic heterocycles. The summed E-state index contributed by atoms with van der Waals surface area (Å²) in [7, 11) is 0.